The quantitative estimate of drug-likeness (QED) is 0.898. The molecule has 6 heteroatoms. The molecule has 6 nitrogen and oxygen atoms in total. The van der Waals surface area contributed by atoms with Crippen molar-refractivity contribution in [3.05, 3.63) is 23.8 Å². The lowest BCUT2D eigenvalue weighted by atomic mass is 9.92. The van der Waals surface area contributed by atoms with Crippen LogP contribution in [0.25, 0.3) is 0 Å². The third-order valence-corrected chi connectivity index (χ3v) is 3.32. The molecule has 1 aromatic carbocycles. The Labute approximate surface area is 130 Å². The normalized spacial score (nSPS) is 17.3. The van der Waals surface area contributed by atoms with E-state index in [-0.39, 0.29) is 18.4 Å². The predicted octanol–water partition coefficient (Wildman–Crippen LogP) is 2.33. The van der Waals surface area contributed by atoms with E-state index in [1.54, 1.807) is 27.9 Å². The van der Waals surface area contributed by atoms with Gasteiger partial charge in [-0.2, -0.15) is 0 Å². The van der Waals surface area contributed by atoms with Crippen molar-refractivity contribution in [3.63, 3.8) is 0 Å². The summed E-state index contributed by atoms with van der Waals surface area (Å²) in [7, 11) is 1.60. The molecule has 120 valence electrons. The number of carbonyl (C=O) groups excluding carboxylic acids is 2. The van der Waals surface area contributed by atoms with E-state index < -0.39 is 11.7 Å². The number of hydrogen-bond acceptors (Lipinski definition) is 4. The number of alkyl carbamates (subject to hydrolysis) is 1. The van der Waals surface area contributed by atoms with Gasteiger partial charge < -0.3 is 20.1 Å². The minimum absolute atomic E-state index is 0.114. The Hall–Kier alpha value is -2.24. The number of nitrogens with one attached hydrogen (secondary N) is 2. The smallest absolute Gasteiger partial charge is 0.407 e. The standard InChI is InChI=1S/C16H22N2O4/c1-16(2,3)22-15(20)17-9-10-8-11-12(18-14(10)19)6-5-7-13(11)21-4/h5-7,10H,8-9H2,1-4H3,(H,17,20)(H,18,19). The fourth-order valence-electron chi connectivity index (χ4n) is 2.34. The van der Waals surface area contributed by atoms with Crippen molar-refractivity contribution in [2.45, 2.75) is 32.8 Å². The van der Waals surface area contributed by atoms with Crippen LogP contribution in [0.3, 0.4) is 0 Å². The lowest BCUT2D eigenvalue weighted by Gasteiger charge is -2.26. The molecule has 1 aliphatic heterocycles. The highest BCUT2D eigenvalue weighted by molar-refractivity contribution is 5.96. The minimum atomic E-state index is -0.561. The van der Waals surface area contributed by atoms with Crippen LogP contribution in [-0.2, 0) is 16.0 Å². The van der Waals surface area contributed by atoms with Crippen LogP contribution in [0.4, 0.5) is 10.5 Å². The van der Waals surface area contributed by atoms with Crippen LogP contribution in [0.5, 0.6) is 5.75 Å². The summed E-state index contributed by atoms with van der Waals surface area (Å²) >= 11 is 0. The van der Waals surface area contributed by atoms with Crippen molar-refractivity contribution in [1.82, 2.24) is 5.32 Å². The monoisotopic (exact) mass is 306 g/mol. The lowest BCUT2D eigenvalue weighted by Crippen LogP contribution is -2.41. The van der Waals surface area contributed by atoms with Crippen LogP contribution >= 0.6 is 0 Å². The second-order valence-corrected chi connectivity index (χ2v) is 6.26. The fourth-order valence-corrected chi connectivity index (χ4v) is 2.34. The number of hydrogen-bond donors (Lipinski definition) is 2. The van der Waals surface area contributed by atoms with E-state index in [2.05, 4.69) is 10.6 Å². The molecule has 1 aromatic rings. The summed E-state index contributed by atoms with van der Waals surface area (Å²) in [6, 6.07) is 5.53. The molecule has 0 saturated carbocycles. The molecule has 0 radical (unpaired) electrons. The number of carbonyl (C=O) groups is 2. The summed E-state index contributed by atoms with van der Waals surface area (Å²) in [4.78, 5) is 23.8. The van der Waals surface area contributed by atoms with Gasteiger partial charge in [-0.05, 0) is 39.3 Å². The first-order chi connectivity index (χ1) is 10.3. The summed E-state index contributed by atoms with van der Waals surface area (Å²) in [5.41, 5.74) is 1.15. The Bertz CT molecular complexity index is 578. The molecule has 0 aliphatic carbocycles. The van der Waals surface area contributed by atoms with E-state index in [0.29, 0.717) is 6.42 Å². The van der Waals surface area contributed by atoms with Crippen molar-refractivity contribution in [2.75, 3.05) is 19.0 Å². The second kappa shape index (κ2) is 6.25. The predicted molar refractivity (Wildman–Crippen MR) is 83.1 cm³/mol. The van der Waals surface area contributed by atoms with Gasteiger partial charge in [-0.25, -0.2) is 4.79 Å². The first-order valence-corrected chi connectivity index (χ1v) is 7.24. The number of benzene rings is 1. The Kier molecular flexibility index (Phi) is 4.59. The first kappa shape index (κ1) is 16.1. The highest BCUT2D eigenvalue weighted by Crippen LogP contribution is 2.32. The van der Waals surface area contributed by atoms with Gasteiger partial charge in [0.25, 0.3) is 0 Å². The average Bonchev–Trinajstić information content (AvgIpc) is 2.42. The molecule has 0 saturated heterocycles. The van der Waals surface area contributed by atoms with Gasteiger partial charge >= 0.3 is 6.09 Å². The highest BCUT2D eigenvalue weighted by Gasteiger charge is 2.29. The fraction of sp³-hybridized carbons (Fsp3) is 0.500. The van der Waals surface area contributed by atoms with E-state index in [4.69, 9.17) is 9.47 Å². The summed E-state index contributed by atoms with van der Waals surface area (Å²) in [5, 5.41) is 5.49. The van der Waals surface area contributed by atoms with Gasteiger partial charge in [0.05, 0.1) is 13.0 Å². The topological polar surface area (TPSA) is 76.7 Å². The van der Waals surface area contributed by atoms with Crippen LogP contribution in [0.1, 0.15) is 26.3 Å². The Morgan fingerprint density at radius 2 is 2.14 bits per heavy atom. The second-order valence-electron chi connectivity index (χ2n) is 6.26. The number of methoxy groups -OCH3 is 1. The molecule has 0 spiro atoms. The van der Waals surface area contributed by atoms with Crippen LogP contribution in [-0.4, -0.2) is 31.3 Å². The van der Waals surface area contributed by atoms with Crippen molar-refractivity contribution >= 4 is 17.7 Å². The molecular formula is C16H22N2O4. The number of amides is 2. The third-order valence-electron chi connectivity index (χ3n) is 3.32. The molecule has 2 rings (SSSR count). The number of fused-ring (bicyclic) bond motifs is 1. The molecule has 0 fully saturated rings. The maximum absolute atomic E-state index is 12.1. The number of ether oxygens (including phenoxy) is 2. The van der Waals surface area contributed by atoms with E-state index in [9.17, 15) is 9.59 Å². The Morgan fingerprint density at radius 3 is 2.77 bits per heavy atom. The van der Waals surface area contributed by atoms with Crippen molar-refractivity contribution in [3.8, 4) is 5.75 Å². The lowest BCUT2D eigenvalue weighted by molar-refractivity contribution is -0.120. The van der Waals surface area contributed by atoms with Crippen LogP contribution in [0.15, 0.2) is 18.2 Å². The first-order valence-electron chi connectivity index (χ1n) is 7.24. The largest absolute Gasteiger partial charge is 0.496 e. The van der Waals surface area contributed by atoms with Gasteiger partial charge in [-0.1, -0.05) is 6.07 Å². The summed E-state index contributed by atoms with van der Waals surface area (Å²) in [5.74, 6) is 0.271. The van der Waals surface area contributed by atoms with Crippen LogP contribution in [0.2, 0.25) is 0 Å². The molecule has 1 aliphatic rings. The average molecular weight is 306 g/mol. The van der Waals surface area contributed by atoms with Gasteiger partial charge in [0, 0.05) is 17.8 Å². The van der Waals surface area contributed by atoms with E-state index in [1.807, 2.05) is 18.2 Å². The minimum Gasteiger partial charge on any atom is -0.496 e. The molecule has 0 aromatic heterocycles. The van der Waals surface area contributed by atoms with E-state index in [1.165, 1.54) is 0 Å². The Balaban J connectivity index is 2.01. The summed E-state index contributed by atoms with van der Waals surface area (Å²) in [6.07, 6.45) is -0.00725. The van der Waals surface area contributed by atoms with Crippen LogP contribution in [0, 0.1) is 5.92 Å². The van der Waals surface area contributed by atoms with Gasteiger partial charge in [0.15, 0.2) is 0 Å². The zero-order chi connectivity index (χ0) is 16.3. The zero-order valence-corrected chi connectivity index (χ0v) is 13.4. The van der Waals surface area contributed by atoms with Crippen molar-refractivity contribution < 1.29 is 19.1 Å². The van der Waals surface area contributed by atoms with Gasteiger partial charge in [0.2, 0.25) is 5.91 Å². The number of anilines is 1. The van der Waals surface area contributed by atoms with Gasteiger partial charge in [0.1, 0.15) is 11.4 Å². The molecule has 0 bridgehead atoms. The molecule has 22 heavy (non-hydrogen) atoms. The molecule has 1 unspecified atom stereocenters. The molecule has 1 heterocycles. The molecule has 2 amide bonds. The third kappa shape index (κ3) is 3.90. The summed E-state index contributed by atoms with van der Waals surface area (Å²) in [6.45, 7) is 5.60. The SMILES string of the molecule is COc1cccc2c1CC(CNC(=O)OC(C)(C)C)C(=O)N2. The van der Waals surface area contributed by atoms with Crippen molar-refractivity contribution in [1.29, 1.82) is 0 Å². The maximum Gasteiger partial charge on any atom is 0.407 e. The molecular weight excluding hydrogens is 284 g/mol. The summed E-state index contributed by atoms with van der Waals surface area (Å²) < 4.78 is 10.5. The number of rotatable bonds is 3. The van der Waals surface area contributed by atoms with Crippen molar-refractivity contribution in [2.24, 2.45) is 5.92 Å². The highest BCUT2D eigenvalue weighted by atomic mass is 16.6. The van der Waals surface area contributed by atoms with E-state index in [0.717, 1.165) is 17.0 Å². The Morgan fingerprint density at radius 1 is 1.41 bits per heavy atom. The van der Waals surface area contributed by atoms with Gasteiger partial charge in [-0.3, -0.25) is 4.79 Å². The molecule has 2 N–H and O–H groups in total. The van der Waals surface area contributed by atoms with Crippen LogP contribution < -0.4 is 15.4 Å². The van der Waals surface area contributed by atoms with Gasteiger partial charge in [-0.15, -0.1) is 0 Å². The molecule has 1 atom stereocenters. The maximum atomic E-state index is 12.1. The van der Waals surface area contributed by atoms with E-state index >= 15 is 0 Å². The zero-order valence-electron chi connectivity index (χ0n) is 13.4.